The Morgan fingerprint density at radius 2 is 2.00 bits per heavy atom. The zero-order valence-corrected chi connectivity index (χ0v) is 4.01. The van der Waals surface area contributed by atoms with Crippen molar-refractivity contribution in [2.45, 2.75) is 6.36 Å². The van der Waals surface area contributed by atoms with Crippen LogP contribution in [0.1, 0.15) is 0 Å². The Morgan fingerprint density at radius 1 is 1.56 bits per heavy atom. The summed E-state index contributed by atoms with van der Waals surface area (Å²) in [4.78, 5) is 2.84. The van der Waals surface area contributed by atoms with Crippen molar-refractivity contribution in [1.29, 1.82) is 5.26 Å². The van der Waals surface area contributed by atoms with Crippen molar-refractivity contribution < 1.29 is 18.0 Å². The summed E-state index contributed by atoms with van der Waals surface area (Å²) in [5, 5.41) is 7.14. The molecule has 0 saturated heterocycles. The molecule has 0 spiro atoms. The number of nitriles is 1. The van der Waals surface area contributed by atoms with Crippen LogP contribution in [0.5, 0.6) is 0 Å². The van der Waals surface area contributed by atoms with Crippen molar-refractivity contribution in [2.75, 3.05) is 0 Å². The fraction of sp³-hybridized carbons (Fsp3) is 0.500. The molecule has 4 nitrogen and oxygen atoms in total. The monoisotopic (exact) mass is 141 g/mol. The van der Waals surface area contributed by atoms with E-state index in [-0.39, 0.29) is 0 Å². The van der Waals surface area contributed by atoms with E-state index in [1.165, 1.54) is 0 Å². The average Bonchev–Trinajstić information content (AvgIpc) is 1.62. The van der Waals surface area contributed by atoms with Crippen LogP contribution >= 0.6 is 0 Å². The predicted octanol–water partition coefficient (Wildman–Crippen LogP) is 0.0946. The summed E-state index contributed by atoms with van der Waals surface area (Å²) in [5.41, 5.74) is 0. The van der Waals surface area contributed by atoms with Gasteiger partial charge in [-0.1, -0.05) is 0 Å². The molecule has 2 N–H and O–H groups in total. The number of nitrogens with two attached hydrogens (primary N) is 1. The molecule has 0 atom stereocenters. The lowest BCUT2D eigenvalue weighted by Gasteiger charge is -2.09. The number of hydrogen-bond donors (Lipinski definition) is 1. The third-order valence-corrected chi connectivity index (χ3v) is 0.300. The molecular formula is C2H2F3N3O. The number of hydroxylamine groups is 1. The van der Waals surface area contributed by atoms with Gasteiger partial charge >= 0.3 is 6.36 Å². The molecule has 0 bridgehead atoms. The Bertz CT molecular complexity index is 126. The molecule has 0 aromatic rings. The van der Waals surface area contributed by atoms with Gasteiger partial charge in [-0.25, -0.2) is 5.84 Å². The zero-order valence-electron chi connectivity index (χ0n) is 4.01. The van der Waals surface area contributed by atoms with Gasteiger partial charge in [0.25, 0.3) is 0 Å². The van der Waals surface area contributed by atoms with E-state index in [4.69, 9.17) is 5.26 Å². The van der Waals surface area contributed by atoms with Crippen LogP contribution in [0.15, 0.2) is 0 Å². The van der Waals surface area contributed by atoms with E-state index in [0.717, 1.165) is 6.19 Å². The van der Waals surface area contributed by atoms with Gasteiger partial charge in [-0.05, 0) is 0 Å². The minimum absolute atomic E-state index is 0.486. The van der Waals surface area contributed by atoms with Crippen molar-refractivity contribution in [3.63, 3.8) is 0 Å². The van der Waals surface area contributed by atoms with Crippen LogP contribution < -0.4 is 5.84 Å². The maximum Gasteiger partial charge on any atom is 0.545 e. The summed E-state index contributed by atoms with van der Waals surface area (Å²) in [6.07, 6.45) is -4.01. The van der Waals surface area contributed by atoms with Crippen molar-refractivity contribution in [2.24, 2.45) is 5.84 Å². The van der Waals surface area contributed by atoms with E-state index in [2.05, 4.69) is 10.7 Å². The molecule has 0 aromatic heterocycles. The van der Waals surface area contributed by atoms with E-state index in [1.807, 2.05) is 0 Å². The Kier molecular flexibility index (Phi) is 2.24. The Balaban J connectivity index is 3.63. The van der Waals surface area contributed by atoms with Crippen LogP contribution in [-0.2, 0) is 4.84 Å². The molecule has 0 rings (SSSR count). The van der Waals surface area contributed by atoms with Gasteiger partial charge in [0.2, 0.25) is 6.19 Å². The summed E-state index contributed by atoms with van der Waals surface area (Å²) >= 11 is 0. The first kappa shape index (κ1) is 8.00. The van der Waals surface area contributed by atoms with Gasteiger partial charge in [-0.2, -0.15) is 5.26 Å². The maximum absolute atomic E-state index is 11.0. The summed E-state index contributed by atoms with van der Waals surface area (Å²) in [6, 6.07) is 0. The second-order valence-electron chi connectivity index (χ2n) is 0.963. The highest BCUT2D eigenvalue weighted by Crippen LogP contribution is 2.15. The number of rotatable bonds is 1. The van der Waals surface area contributed by atoms with Crippen LogP contribution in [0.2, 0.25) is 0 Å². The summed E-state index contributed by atoms with van der Waals surface area (Å²) < 4.78 is 33.0. The lowest BCUT2D eigenvalue weighted by molar-refractivity contribution is -0.401. The number of hydrogen-bond acceptors (Lipinski definition) is 4. The van der Waals surface area contributed by atoms with Crippen LogP contribution in [0.4, 0.5) is 13.2 Å². The largest absolute Gasteiger partial charge is 0.545 e. The first-order chi connectivity index (χ1) is 3.95. The van der Waals surface area contributed by atoms with Crippen molar-refractivity contribution in [3.05, 3.63) is 0 Å². The first-order valence-electron chi connectivity index (χ1n) is 1.66. The zero-order chi connectivity index (χ0) is 7.49. The standard InChI is InChI=1S/C2H2F3N3O/c3-2(4,5)9-8(7)1-6/h7H2. The normalized spacial score (nSPS) is 10.6. The SMILES string of the molecule is N#CN(N)OC(F)(F)F. The van der Waals surface area contributed by atoms with Gasteiger partial charge in [0, 0.05) is 0 Å². The Morgan fingerprint density at radius 3 is 2.11 bits per heavy atom. The minimum Gasteiger partial charge on any atom is -0.212 e. The second-order valence-corrected chi connectivity index (χ2v) is 0.963. The number of nitrogens with zero attached hydrogens (tertiary/aromatic N) is 2. The topological polar surface area (TPSA) is 62.3 Å². The number of halogens is 3. The van der Waals surface area contributed by atoms with Gasteiger partial charge < -0.3 is 0 Å². The van der Waals surface area contributed by atoms with E-state index in [0.29, 0.717) is 0 Å². The first-order valence-corrected chi connectivity index (χ1v) is 1.66. The van der Waals surface area contributed by atoms with Crippen LogP contribution in [0, 0.1) is 11.5 Å². The Hall–Kier alpha value is -1.00. The number of alkyl halides is 3. The summed E-state index contributed by atoms with van der Waals surface area (Å²) in [7, 11) is 0. The maximum atomic E-state index is 11.0. The molecule has 0 radical (unpaired) electrons. The average molecular weight is 141 g/mol. The molecule has 9 heavy (non-hydrogen) atoms. The summed E-state index contributed by atoms with van der Waals surface area (Å²) in [6.45, 7) is 0. The molecule has 0 aliphatic carbocycles. The lowest BCUT2D eigenvalue weighted by atomic mass is 11.3. The highest BCUT2D eigenvalue weighted by Gasteiger charge is 2.32. The van der Waals surface area contributed by atoms with Gasteiger partial charge in [-0.3, -0.25) is 0 Å². The van der Waals surface area contributed by atoms with Crippen LogP contribution in [0.3, 0.4) is 0 Å². The van der Waals surface area contributed by atoms with E-state index in [9.17, 15) is 13.2 Å². The van der Waals surface area contributed by atoms with Gasteiger partial charge in [0.1, 0.15) is 0 Å². The quantitative estimate of drug-likeness (QED) is 0.243. The molecule has 0 amide bonds. The predicted molar refractivity (Wildman–Crippen MR) is 18.8 cm³/mol. The molecule has 0 aliphatic rings. The Labute approximate surface area is 48.1 Å². The smallest absolute Gasteiger partial charge is 0.212 e. The van der Waals surface area contributed by atoms with Crippen molar-refractivity contribution in [3.8, 4) is 6.19 Å². The fourth-order valence-corrected chi connectivity index (χ4v) is 0.132. The molecule has 0 saturated carbocycles. The molecular weight excluding hydrogens is 139 g/mol. The van der Waals surface area contributed by atoms with Gasteiger partial charge in [0.05, 0.1) is 0 Å². The van der Waals surface area contributed by atoms with E-state index < -0.39 is 11.5 Å². The van der Waals surface area contributed by atoms with Gasteiger partial charge in [-0.15, -0.1) is 23.2 Å². The molecule has 0 fully saturated rings. The third kappa shape index (κ3) is 4.86. The molecule has 52 valence electrons. The van der Waals surface area contributed by atoms with Crippen LogP contribution in [0.25, 0.3) is 0 Å². The van der Waals surface area contributed by atoms with Crippen LogP contribution in [-0.4, -0.2) is 11.5 Å². The molecule has 0 aliphatic heterocycles. The van der Waals surface area contributed by atoms with Crippen molar-refractivity contribution in [1.82, 2.24) is 5.17 Å². The highest BCUT2D eigenvalue weighted by molar-refractivity contribution is 4.55. The molecule has 0 unspecified atom stereocenters. The van der Waals surface area contributed by atoms with E-state index >= 15 is 0 Å². The molecule has 0 aromatic carbocycles. The van der Waals surface area contributed by atoms with Gasteiger partial charge in [0.15, 0.2) is 0 Å². The number of hydrazine groups is 1. The molecule has 0 heterocycles. The van der Waals surface area contributed by atoms with Crippen molar-refractivity contribution >= 4 is 0 Å². The highest BCUT2D eigenvalue weighted by atomic mass is 19.4. The fourth-order valence-electron chi connectivity index (χ4n) is 0.132. The second kappa shape index (κ2) is 2.52. The van der Waals surface area contributed by atoms with E-state index in [1.54, 1.807) is 0 Å². The summed E-state index contributed by atoms with van der Waals surface area (Å²) in [5.74, 6) is 4.29. The third-order valence-electron chi connectivity index (χ3n) is 0.300. The molecule has 7 heteroatoms. The minimum atomic E-state index is -4.90. The lowest BCUT2D eigenvalue weighted by Crippen LogP contribution is -2.32.